The van der Waals surface area contributed by atoms with Gasteiger partial charge in [0.25, 0.3) is 15.9 Å². The summed E-state index contributed by atoms with van der Waals surface area (Å²) in [7, 11) is -3.87. The van der Waals surface area contributed by atoms with Gasteiger partial charge in [-0.25, -0.2) is 8.42 Å². The maximum absolute atomic E-state index is 13.2. The van der Waals surface area contributed by atoms with Gasteiger partial charge < -0.3 is 4.90 Å². The molecule has 1 saturated heterocycles. The van der Waals surface area contributed by atoms with Gasteiger partial charge in [-0.15, -0.1) is 0 Å². The Morgan fingerprint density at radius 1 is 0.946 bits per heavy atom. The number of piperazine rings is 1. The summed E-state index contributed by atoms with van der Waals surface area (Å²) in [4.78, 5) is 26.3. The molecule has 0 spiro atoms. The lowest BCUT2D eigenvalue weighted by atomic mass is 10.1. The molecule has 190 valence electrons. The van der Waals surface area contributed by atoms with Gasteiger partial charge in [0.05, 0.1) is 16.9 Å². The van der Waals surface area contributed by atoms with E-state index < -0.39 is 10.0 Å². The number of carbonyl (C=O) groups excluding carboxylic acids is 1. The molecule has 9 heteroatoms. The first-order valence-corrected chi connectivity index (χ1v) is 13.7. The van der Waals surface area contributed by atoms with Crippen LogP contribution in [0.4, 0.5) is 5.69 Å². The van der Waals surface area contributed by atoms with E-state index in [0.29, 0.717) is 35.4 Å². The van der Waals surface area contributed by atoms with Crippen molar-refractivity contribution in [1.82, 2.24) is 19.8 Å². The lowest BCUT2D eigenvalue weighted by Crippen LogP contribution is -2.48. The number of pyridine rings is 2. The number of hydrogen-bond donors (Lipinski definition) is 1. The Bertz CT molecular complexity index is 1560. The summed E-state index contributed by atoms with van der Waals surface area (Å²) >= 11 is 0. The minimum absolute atomic E-state index is 0.0518. The Kier molecular flexibility index (Phi) is 6.90. The molecule has 0 saturated carbocycles. The van der Waals surface area contributed by atoms with Gasteiger partial charge in [-0.05, 0) is 61.9 Å². The van der Waals surface area contributed by atoms with E-state index in [1.54, 1.807) is 49.5 Å². The van der Waals surface area contributed by atoms with Crippen LogP contribution in [0.5, 0.6) is 0 Å². The van der Waals surface area contributed by atoms with Gasteiger partial charge in [0.1, 0.15) is 4.90 Å². The van der Waals surface area contributed by atoms with Crippen molar-refractivity contribution in [2.75, 3.05) is 30.9 Å². The zero-order valence-corrected chi connectivity index (χ0v) is 21.7. The van der Waals surface area contributed by atoms with Crippen LogP contribution >= 0.6 is 0 Å². The molecule has 1 aliphatic rings. The molecule has 1 fully saturated rings. The second-order valence-electron chi connectivity index (χ2n) is 9.31. The second kappa shape index (κ2) is 10.3. The van der Waals surface area contributed by atoms with E-state index in [-0.39, 0.29) is 10.8 Å². The van der Waals surface area contributed by atoms with Crippen molar-refractivity contribution in [2.45, 2.75) is 25.3 Å². The van der Waals surface area contributed by atoms with Crippen molar-refractivity contribution in [2.24, 2.45) is 0 Å². The number of benzene rings is 2. The van der Waals surface area contributed by atoms with Crippen LogP contribution in [0.25, 0.3) is 10.9 Å². The van der Waals surface area contributed by atoms with E-state index in [2.05, 4.69) is 19.6 Å². The van der Waals surface area contributed by atoms with Crippen LogP contribution < -0.4 is 4.72 Å². The number of amides is 1. The molecule has 8 nitrogen and oxygen atoms in total. The number of fused-ring (bicyclic) bond motifs is 1. The molecule has 0 unspecified atom stereocenters. The van der Waals surface area contributed by atoms with Crippen LogP contribution in [-0.4, -0.2) is 60.3 Å². The third kappa shape index (κ3) is 5.47. The van der Waals surface area contributed by atoms with E-state index >= 15 is 0 Å². The van der Waals surface area contributed by atoms with Crippen LogP contribution in [0.2, 0.25) is 0 Å². The van der Waals surface area contributed by atoms with Crippen molar-refractivity contribution >= 4 is 32.5 Å². The number of nitrogens with zero attached hydrogens (tertiary/aromatic N) is 4. The SMILES string of the molecule is Cc1cccc(CN2CCN(C(=O)c3ccc(NS(=O)(=O)c4cccc5cccnc45)c(C)c3)CC2)n1. The van der Waals surface area contributed by atoms with Crippen LogP contribution in [0.15, 0.2) is 77.8 Å². The van der Waals surface area contributed by atoms with Crippen LogP contribution in [0, 0.1) is 13.8 Å². The molecule has 3 heterocycles. The maximum Gasteiger partial charge on any atom is 0.264 e. The molecule has 0 radical (unpaired) electrons. The lowest BCUT2D eigenvalue weighted by molar-refractivity contribution is 0.0627. The van der Waals surface area contributed by atoms with Crippen LogP contribution in [0.3, 0.4) is 0 Å². The van der Waals surface area contributed by atoms with Gasteiger partial charge in [0, 0.05) is 55.6 Å². The molecule has 0 aliphatic carbocycles. The Labute approximate surface area is 217 Å². The fraction of sp³-hybridized carbons (Fsp3) is 0.250. The van der Waals surface area contributed by atoms with Crippen LogP contribution in [0.1, 0.15) is 27.3 Å². The number of nitrogens with one attached hydrogen (secondary N) is 1. The number of rotatable bonds is 6. The van der Waals surface area contributed by atoms with Gasteiger partial charge in [-0.3, -0.25) is 24.4 Å². The summed E-state index contributed by atoms with van der Waals surface area (Å²) in [6.45, 7) is 7.36. The Balaban J connectivity index is 1.25. The third-order valence-electron chi connectivity index (χ3n) is 6.59. The Morgan fingerprint density at radius 3 is 2.46 bits per heavy atom. The van der Waals surface area contributed by atoms with Crippen LogP contribution in [-0.2, 0) is 16.6 Å². The van der Waals surface area contributed by atoms with Gasteiger partial charge in [0.2, 0.25) is 0 Å². The normalized spacial score (nSPS) is 14.6. The van der Waals surface area contributed by atoms with E-state index in [4.69, 9.17) is 0 Å². The van der Waals surface area contributed by atoms with Gasteiger partial charge in [-0.1, -0.05) is 24.3 Å². The van der Waals surface area contributed by atoms with Gasteiger partial charge in [0.15, 0.2) is 0 Å². The monoisotopic (exact) mass is 515 g/mol. The molecule has 37 heavy (non-hydrogen) atoms. The third-order valence-corrected chi connectivity index (χ3v) is 7.99. The molecule has 1 N–H and O–H groups in total. The first kappa shape index (κ1) is 24.9. The highest BCUT2D eigenvalue weighted by atomic mass is 32.2. The van der Waals surface area contributed by atoms with Crippen molar-refractivity contribution in [3.63, 3.8) is 0 Å². The molecular weight excluding hydrogens is 486 g/mol. The molecule has 0 bridgehead atoms. The lowest BCUT2D eigenvalue weighted by Gasteiger charge is -2.34. The largest absolute Gasteiger partial charge is 0.336 e. The first-order chi connectivity index (χ1) is 17.8. The Morgan fingerprint density at radius 2 is 1.70 bits per heavy atom. The number of hydrogen-bond acceptors (Lipinski definition) is 6. The molecule has 5 rings (SSSR count). The number of aryl methyl sites for hydroxylation is 2. The highest BCUT2D eigenvalue weighted by Gasteiger charge is 2.24. The minimum atomic E-state index is -3.87. The molecule has 1 aliphatic heterocycles. The fourth-order valence-corrected chi connectivity index (χ4v) is 5.92. The number of aromatic nitrogens is 2. The summed E-state index contributed by atoms with van der Waals surface area (Å²) in [5, 5.41) is 0.748. The summed E-state index contributed by atoms with van der Waals surface area (Å²) in [6, 6.07) is 19.8. The van der Waals surface area contributed by atoms with E-state index in [1.165, 1.54) is 0 Å². The standard InChI is InChI=1S/C28H29N5O3S/c1-20-18-23(28(34)33-16-14-32(15-17-33)19-24-9-3-6-21(2)30-24)11-12-25(20)31-37(35,36)26-10-4-7-22-8-5-13-29-27(22)26/h3-13,18,31H,14-17,19H2,1-2H3. The molecule has 2 aromatic heterocycles. The summed E-state index contributed by atoms with van der Waals surface area (Å²) in [5.41, 5.74) is 4.10. The Hall–Kier alpha value is -3.82. The van der Waals surface area contributed by atoms with E-state index in [0.717, 1.165) is 36.4 Å². The van der Waals surface area contributed by atoms with E-state index in [9.17, 15) is 13.2 Å². The quantitative estimate of drug-likeness (QED) is 0.417. The predicted octanol–water partition coefficient (Wildman–Crippen LogP) is 4.01. The highest BCUT2D eigenvalue weighted by molar-refractivity contribution is 7.93. The topological polar surface area (TPSA) is 95.5 Å². The second-order valence-corrected chi connectivity index (χ2v) is 11.0. The number of anilines is 1. The number of para-hydroxylation sites is 1. The van der Waals surface area contributed by atoms with Crippen molar-refractivity contribution in [3.8, 4) is 0 Å². The van der Waals surface area contributed by atoms with Crippen molar-refractivity contribution in [3.05, 3.63) is 95.4 Å². The average Bonchev–Trinajstić information content (AvgIpc) is 2.89. The predicted molar refractivity (Wildman–Crippen MR) is 144 cm³/mol. The summed E-state index contributed by atoms with van der Waals surface area (Å²) in [5.74, 6) is -0.0518. The maximum atomic E-state index is 13.2. The molecule has 2 aromatic carbocycles. The first-order valence-electron chi connectivity index (χ1n) is 12.2. The number of carbonyl (C=O) groups is 1. The van der Waals surface area contributed by atoms with Gasteiger partial charge >= 0.3 is 0 Å². The zero-order chi connectivity index (χ0) is 26.0. The van der Waals surface area contributed by atoms with Crippen molar-refractivity contribution < 1.29 is 13.2 Å². The molecule has 4 aromatic rings. The zero-order valence-electron chi connectivity index (χ0n) is 20.9. The number of sulfonamides is 1. The molecule has 0 atom stereocenters. The van der Waals surface area contributed by atoms with Crippen molar-refractivity contribution in [1.29, 1.82) is 0 Å². The summed E-state index contributed by atoms with van der Waals surface area (Å²) in [6.07, 6.45) is 1.58. The highest BCUT2D eigenvalue weighted by Crippen LogP contribution is 2.25. The molecular formula is C28H29N5O3S. The fourth-order valence-electron chi connectivity index (χ4n) is 4.61. The van der Waals surface area contributed by atoms with E-state index in [1.807, 2.05) is 42.2 Å². The minimum Gasteiger partial charge on any atom is -0.336 e. The van der Waals surface area contributed by atoms with Gasteiger partial charge in [-0.2, -0.15) is 0 Å². The average molecular weight is 516 g/mol. The summed E-state index contributed by atoms with van der Waals surface area (Å²) < 4.78 is 29.0. The molecule has 1 amide bonds. The smallest absolute Gasteiger partial charge is 0.264 e.